The molecule has 1 aliphatic rings. The van der Waals surface area contributed by atoms with Crippen LogP contribution in [0.4, 0.5) is 5.69 Å². The van der Waals surface area contributed by atoms with Crippen molar-refractivity contribution >= 4 is 23.3 Å². The van der Waals surface area contributed by atoms with Gasteiger partial charge in [-0.05, 0) is 36.8 Å². The molecule has 1 saturated carbocycles. The van der Waals surface area contributed by atoms with Crippen LogP contribution < -0.4 is 5.32 Å². The average molecular weight is 254 g/mol. The van der Waals surface area contributed by atoms with Crippen LogP contribution in [0.3, 0.4) is 0 Å². The number of carbonyl (C=O) groups is 1. The maximum Gasteiger partial charge on any atom is 0.339 e. The molecule has 3 nitrogen and oxygen atoms in total. The Morgan fingerprint density at radius 2 is 2.24 bits per heavy atom. The fourth-order valence-electron chi connectivity index (χ4n) is 2.00. The van der Waals surface area contributed by atoms with Crippen LogP contribution in [0.25, 0.3) is 0 Å². The number of benzene rings is 1. The molecule has 2 rings (SSSR count). The summed E-state index contributed by atoms with van der Waals surface area (Å²) >= 11 is 5.90. The molecular formula is C13H16ClNO2. The molecule has 1 aromatic rings. The van der Waals surface area contributed by atoms with Gasteiger partial charge in [-0.25, -0.2) is 4.79 Å². The van der Waals surface area contributed by atoms with E-state index in [4.69, 9.17) is 16.7 Å². The van der Waals surface area contributed by atoms with Crippen LogP contribution in [0.15, 0.2) is 18.2 Å². The predicted octanol–water partition coefficient (Wildman–Crippen LogP) is 3.64. The highest BCUT2D eigenvalue weighted by Gasteiger charge is 2.40. The predicted molar refractivity (Wildman–Crippen MR) is 68.9 cm³/mol. The Kier molecular flexibility index (Phi) is 3.29. The Bertz CT molecular complexity index is 441. The molecular weight excluding hydrogens is 238 g/mol. The summed E-state index contributed by atoms with van der Waals surface area (Å²) in [5.41, 5.74) is 1.16. The average Bonchev–Trinajstić information content (AvgIpc) is 3.06. The zero-order valence-electron chi connectivity index (χ0n) is 9.79. The van der Waals surface area contributed by atoms with Gasteiger partial charge in [-0.2, -0.15) is 0 Å². The summed E-state index contributed by atoms with van der Waals surface area (Å²) in [5, 5.41) is 12.6. The van der Waals surface area contributed by atoms with Crippen molar-refractivity contribution < 1.29 is 9.90 Å². The van der Waals surface area contributed by atoms with E-state index in [2.05, 4.69) is 12.2 Å². The first-order chi connectivity index (χ1) is 8.08. The van der Waals surface area contributed by atoms with Crippen LogP contribution >= 0.6 is 11.6 Å². The van der Waals surface area contributed by atoms with Crippen molar-refractivity contribution in [1.29, 1.82) is 0 Å². The van der Waals surface area contributed by atoms with Crippen LogP contribution in [0.5, 0.6) is 0 Å². The van der Waals surface area contributed by atoms with Gasteiger partial charge in [0.25, 0.3) is 0 Å². The van der Waals surface area contributed by atoms with Crippen LogP contribution in [-0.4, -0.2) is 17.6 Å². The number of halogens is 1. The van der Waals surface area contributed by atoms with Gasteiger partial charge in [-0.3, -0.25) is 0 Å². The normalized spacial score (nSPS) is 16.6. The Morgan fingerprint density at radius 1 is 1.53 bits per heavy atom. The van der Waals surface area contributed by atoms with Gasteiger partial charge in [0.1, 0.15) is 5.56 Å². The fourth-order valence-corrected chi connectivity index (χ4v) is 2.26. The van der Waals surface area contributed by atoms with E-state index in [9.17, 15) is 4.79 Å². The minimum absolute atomic E-state index is 0.168. The van der Waals surface area contributed by atoms with Gasteiger partial charge in [-0.15, -0.1) is 0 Å². The Morgan fingerprint density at radius 3 is 2.76 bits per heavy atom. The zero-order chi connectivity index (χ0) is 12.5. The second-order valence-corrected chi connectivity index (χ2v) is 5.08. The molecule has 0 radical (unpaired) electrons. The Balaban J connectivity index is 2.15. The van der Waals surface area contributed by atoms with E-state index in [1.807, 2.05) is 0 Å². The summed E-state index contributed by atoms with van der Waals surface area (Å²) in [6.45, 7) is 2.99. The lowest BCUT2D eigenvalue weighted by Gasteiger charge is -2.16. The molecule has 1 aliphatic carbocycles. The molecule has 92 valence electrons. The van der Waals surface area contributed by atoms with Crippen molar-refractivity contribution in [2.45, 2.75) is 26.2 Å². The molecule has 0 aromatic heterocycles. The van der Waals surface area contributed by atoms with Gasteiger partial charge < -0.3 is 10.4 Å². The molecule has 1 fully saturated rings. The van der Waals surface area contributed by atoms with Crippen molar-refractivity contribution in [3.05, 3.63) is 28.8 Å². The van der Waals surface area contributed by atoms with Crippen LogP contribution in [0, 0.1) is 5.41 Å². The largest absolute Gasteiger partial charge is 0.478 e. The number of anilines is 1. The summed E-state index contributed by atoms with van der Waals surface area (Å²) in [6.07, 6.45) is 3.57. The Hall–Kier alpha value is -1.22. The first kappa shape index (κ1) is 12.2. The zero-order valence-corrected chi connectivity index (χ0v) is 10.5. The highest BCUT2D eigenvalue weighted by molar-refractivity contribution is 6.34. The highest BCUT2D eigenvalue weighted by Crippen LogP contribution is 2.48. The maximum absolute atomic E-state index is 11.1. The van der Waals surface area contributed by atoms with Crippen LogP contribution in [0.1, 0.15) is 36.5 Å². The van der Waals surface area contributed by atoms with Gasteiger partial charge in [0.2, 0.25) is 0 Å². The number of rotatable bonds is 5. The third-order valence-electron chi connectivity index (χ3n) is 3.59. The van der Waals surface area contributed by atoms with Gasteiger partial charge in [0, 0.05) is 6.54 Å². The minimum Gasteiger partial charge on any atom is -0.478 e. The lowest BCUT2D eigenvalue weighted by Crippen LogP contribution is -2.16. The van der Waals surface area contributed by atoms with Crippen molar-refractivity contribution in [2.75, 3.05) is 11.9 Å². The number of aromatic carboxylic acids is 1. The number of hydrogen-bond donors (Lipinski definition) is 2. The summed E-state index contributed by atoms with van der Waals surface area (Å²) in [4.78, 5) is 11.1. The third kappa shape index (κ3) is 2.55. The SMILES string of the molecule is CCC1(CNc2cccc(Cl)c2C(=O)O)CC1. The molecule has 0 heterocycles. The van der Waals surface area contributed by atoms with Crippen molar-refractivity contribution in [3.8, 4) is 0 Å². The molecule has 17 heavy (non-hydrogen) atoms. The van der Waals surface area contributed by atoms with Gasteiger partial charge >= 0.3 is 5.97 Å². The first-order valence-electron chi connectivity index (χ1n) is 5.84. The molecule has 4 heteroatoms. The summed E-state index contributed by atoms with van der Waals surface area (Å²) < 4.78 is 0. The van der Waals surface area contributed by atoms with Crippen LogP contribution in [-0.2, 0) is 0 Å². The molecule has 0 atom stereocenters. The lowest BCUT2D eigenvalue weighted by molar-refractivity contribution is 0.0698. The van der Waals surface area contributed by atoms with E-state index in [1.54, 1.807) is 18.2 Å². The fraction of sp³-hybridized carbons (Fsp3) is 0.462. The number of nitrogens with one attached hydrogen (secondary N) is 1. The van der Waals surface area contributed by atoms with Gasteiger partial charge in [-0.1, -0.05) is 24.6 Å². The number of carboxylic acid groups (broad SMARTS) is 1. The molecule has 0 spiro atoms. The summed E-state index contributed by atoms with van der Waals surface area (Å²) in [7, 11) is 0. The minimum atomic E-state index is -0.987. The molecule has 0 bridgehead atoms. The maximum atomic E-state index is 11.1. The third-order valence-corrected chi connectivity index (χ3v) is 3.90. The molecule has 2 N–H and O–H groups in total. The monoisotopic (exact) mass is 253 g/mol. The molecule has 0 amide bonds. The smallest absolute Gasteiger partial charge is 0.339 e. The van der Waals surface area contributed by atoms with Crippen molar-refractivity contribution in [1.82, 2.24) is 0 Å². The van der Waals surface area contributed by atoms with Crippen LogP contribution in [0.2, 0.25) is 5.02 Å². The van der Waals surface area contributed by atoms with Crippen molar-refractivity contribution in [3.63, 3.8) is 0 Å². The van der Waals surface area contributed by atoms with E-state index in [1.165, 1.54) is 12.8 Å². The number of hydrogen-bond acceptors (Lipinski definition) is 2. The van der Waals surface area contributed by atoms with E-state index in [-0.39, 0.29) is 10.6 Å². The summed E-state index contributed by atoms with van der Waals surface area (Å²) in [6, 6.07) is 5.13. The topological polar surface area (TPSA) is 49.3 Å². The molecule has 1 aromatic carbocycles. The van der Waals surface area contributed by atoms with Gasteiger partial charge in [0.15, 0.2) is 0 Å². The first-order valence-corrected chi connectivity index (χ1v) is 6.21. The second kappa shape index (κ2) is 4.57. The number of carboxylic acids is 1. The summed E-state index contributed by atoms with van der Waals surface area (Å²) in [5.74, 6) is -0.987. The lowest BCUT2D eigenvalue weighted by atomic mass is 10.0. The van der Waals surface area contributed by atoms with Gasteiger partial charge in [0.05, 0.1) is 10.7 Å². The van der Waals surface area contributed by atoms with E-state index < -0.39 is 5.97 Å². The standard InChI is InChI=1S/C13H16ClNO2/c1-2-13(6-7-13)8-15-10-5-3-4-9(14)11(10)12(16)17/h3-5,15H,2,6-8H2,1H3,(H,16,17). The highest BCUT2D eigenvalue weighted by atomic mass is 35.5. The Labute approximate surface area is 106 Å². The molecule has 0 aliphatic heterocycles. The van der Waals surface area contributed by atoms with Crippen molar-refractivity contribution in [2.24, 2.45) is 5.41 Å². The quantitative estimate of drug-likeness (QED) is 0.842. The van der Waals surface area contributed by atoms with E-state index in [0.717, 1.165) is 13.0 Å². The molecule has 0 unspecified atom stereocenters. The second-order valence-electron chi connectivity index (χ2n) is 4.67. The van der Waals surface area contributed by atoms with E-state index in [0.29, 0.717) is 11.1 Å². The molecule has 0 saturated heterocycles. The van der Waals surface area contributed by atoms with E-state index >= 15 is 0 Å².